The van der Waals surface area contributed by atoms with Crippen LogP contribution in [-0.2, 0) is 4.79 Å². The minimum atomic E-state index is -4.56. The average molecular weight is 209 g/mol. The van der Waals surface area contributed by atoms with Crippen LogP contribution in [0, 0.1) is 5.92 Å². The Morgan fingerprint density at radius 1 is 1.57 bits per heavy atom. The van der Waals surface area contributed by atoms with Gasteiger partial charge in [-0.1, -0.05) is 0 Å². The molecule has 1 unspecified atom stereocenters. The van der Waals surface area contributed by atoms with Gasteiger partial charge in [0.15, 0.2) is 5.71 Å². The number of hydrogen-bond acceptors (Lipinski definition) is 3. The molecule has 1 atom stereocenters. The summed E-state index contributed by atoms with van der Waals surface area (Å²) in [5.41, 5.74) is 4.08. The lowest BCUT2D eigenvalue weighted by atomic mass is 9.99. The molecular formula is C7H10F3N3O. The highest BCUT2D eigenvalue weighted by molar-refractivity contribution is 6.10. The van der Waals surface area contributed by atoms with Gasteiger partial charge in [0.25, 0.3) is 5.91 Å². The van der Waals surface area contributed by atoms with Gasteiger partial charge in [-0.15, -0.1) is 0 Å². The molecule has 0 spiro atoms. The third-order valence-corrected chi connectivity index (χ3v) is 1.95. The molecule has 0 aromatic heterocycles. The second-order valence-corrected chi connectivity index (χ2v) is 2.97. The number of carbonyl (C=O) groups excluding carboxylic acids is 1. The highest BCUT2D eigenvalue weighted by Crippen LogP contribution is 2.29. The molecule has 14 heavy (non-hydrogen) atoms. The summed E-state index contributed by atoms with van der Waals surface area (Å²) in [5, 5.41) is 3.87. The van der Waals surface area contributed by atoms with E-state index < -0.39 is 23.7 Å². The van der Waals surface area contributed by atoms with Gasteiger partial charge in [0, 0.05) is 7.05 Å². The zero-order valence-corrected chi connectivity index (χ0v) is 7.51. The molecule has 1 aliphatic rings. The van der Waals surface area contributed by atoms with Crippen LogP contribution in [0.15, 0.2) is 5.10 Å². The second-order valence-electron chi connectivity index (χ2n) is 2.97. The summed E-state index contributed by atoms with van der Waals surface area (Å²) in [5.74, 6) is -1.88. The molecule has 0 radical (unpaired) electrons. The van der Waals surface area contributed by atoms with Crippen molar-refractivity contribution < 1.29 is 18.0 Å². The lowest BCUT2D eigenvalue weighted by molar-refractivity contribution is -0.131. The Bertz CT molecular complexity index is 274. The number of hydrogen-bond donors (Lipinski definition) is 1. The van der Waals surface area contributed by atoms with Gasteiger partial charge in [-0.05, 0) is 13.0 Å². The minimum Gasteiger partial charge on any atom is -0.330 e. The van der Waals surface area contributed by atoms with Crippen LogP contribution in [0.25, 0.3) is 0 Å². The van der Waals surface area contributed by atoms with E-state index >= 15 is 0 Å². The highest BCUT2D eigenvalue weighted by Gasteiger charge is 2.48. The van der Waals surface area contributed by atoms with Gasteiger partial charge in [-0.2, -0.15) is 18.3 Å². The van der Waals surface area contributed by atoms with Crippen LogP contribution in [-0.4, -0.2) is 36.4 Å². The quantitative estimate of drug-likeness (QED) is 0.713. The Kier molecular flexibility index (Phi) is 2.79. The molecule has 4 nitrogen and oxygen atoms in total. The maximum absolute atomic E-state index is 12.3. The standard InChI is InChI=1S/C7H10F3N3O/c1-13-6(14)4(2-3-11)5(12-13)7(8,9)10/h4H,2-3,11H2,1H3. The summed E-state index contributed by atoms with van der Waals surface area (Å²) in [7, 11) is 1.20. The number of alkyl halides is 3. The van der Waals surface area contributed by atoms with Crippen LogP contribution in [0.4, 0.5) is 13.2 Å². The van der Waals surface area contributed by atoms with Crippen molar-refractivity contribution in [1.82, 2.24) is 5.01 Å². The van der Waals surface area contributed by atoms with Crippen LogP contribution in [0.3, 0.4) is 0 Å². The predicted molar refractivity (Wildman–Crippen MR) is 43.4 cm³/mol. The van der Waals surface area contributed by atoms with E-state index in [1.807, 2.05) is 0 Å². The van der Waals surface area contributed by atoms with Gasteiger partial charge < -0.3 is 5.73 Å². The van der Waals surface area contributed by atoms with Gasteiger partial charge in [0.2, 0.25) is 0 Å². The molecule has 0 saturated heterocycles. The van der Waals surface area contributed by atoms with Crippen molar-refractivity contribution in [3.63, 3.8) is 0 Å². The third-order valence-electron chi connectivity index (χ3n) is 1.95. The number of rotatable bonds is 2. The van der Waals surface area contributed by atoms with E-state index in [0.29, 0.717) is 5.01 Å². The number of nitrogens with two attached hydrogens (primary N) is 1. The van der Waals surface area contributed by atoms with E-state index in [-0.39, 0.29) is 13.0 Å². The first-order valence-corrected chi connectivity index (χ1v) is 4.01. The third kappa shape index (κ3) is 1.87. The summed E-state index contributed by atoms with van der Waals surface area (Å²) in [6, 6.07) is 0. The Hall–Kier alpha value is -1.11. The lowest BCUT2D eigenvalue weighted by Crippen LogP contribution is -2.33. The van der Waals surface area contributed by atoms with Crippen molar-refractivity contribution in [1.29, 1.82) is 0 Å². The number of amides is 1. The first kappa shape index (κ1) is 11.0. The lowest BCUT2D eigenvalue weighted by Gasteiger charge is -2.11. The average Bonchev–Trinajstić information content (AvgIpc) is 2.32. The van der Waals surface area contributed by atoms with E-state index in [0.717, 1.165) is 0 Å². The Balaban J connectivity index is 2.92. The topological polar surface area (TPSA) is 58.7 Å². The van der Waals surface area contributed by atoms with E-state index in [9.17, 15) is 18.0 Å². The molecule has 0 fully saturated rings. The molecule has 2 N–H and O–H groups in total. The molecule has 1 amide bonds. The monoisotopic (exact) mass is 209 g/mol. The summed E-state index contributed by atoms with van der Waals surface area (Å²) in [6.45, 7) is 0.0271. The Morgan fingerprint density at radius 2 is 2.14 bits per heavy atom. The molecular weight excluding hydrogens is 199 g/mol. The Morgan fingerprint density at radius 3 is 2.57 bits per heavy atom. The number of hydrazone groups is 1. The highest BCUT2D eigenvalue weighted by atomic mass is 19.4. The van der Waals surface area contributed by atoms with E-state index in [1.165, 1.54) is 7.05 Å². The first-order valence-electron chi connectivity index (χ1n) is 4.01. The molecule has 0 aromatic rings. The fourth-order valence-electron chi connectivity index (χ4n) is 1.30. The number of carbonyl (C=O) groups is 1. The van der Waals surface area contributed by atoms with Crippen molar-refractivity contribution in [2.45, 2.75) is 12.6 Å². The summed E-state index contributed by atoms with van der Waals surface area (Å²) < 4.78 is 37.0. The minimum absolute atomic E-state index is 0.0263. The molecule has 7 heteroatoms. The molecule has 1 aliphatic heterocycles. The SMILES string of the molecule is CN1N=C(C(F)(F)F)C(CCN)C1=O. The summed E-state index contributed by atoms with van der Waals surface area (Å²) in [6.07, 6.45) is -4.58. The largest absolute Gasteiger partial charge is 0.432 e. The smallest absolute Gasteiger partial charge is 0.330 e. The van der Waals surface area contributed by atoms with Crippen molar-refractivity contribution in [3.8, 4) is 0 Å². The molecule has 0 aliphatic carbocycles. The van der Waals surface area contributed by atoms with Crippen LogP contribution in [0.2, 0.25) is 0 Å². The van der Waals surface area contributed by atoms with Crippen molar-refractivity contribution in [2.24, 2.45) is 16.8 Å². The van der Waals surface area contributed by atoms with E-state index in [1.54, 1.807) is 0 Å². The first-order chi connectivity index (χ1) is 6.38. The van der Waals surface area contributed by atoms with Crippen molar-refractivity contribution in [3.05, 3.63) is 0 Å². The number of halogens is 3. The molecule has 0 aromatic carbocycles. The van der Waals surface area contributed by atoms with E-state index in [2.05, 4.69) is 5.10 Å². The molecule has 0 bridgehead atoms. The van der Waals surface area contributed by atoms with Crippen molar-refractivity contribution in [2.75, 3.05) is 13.6 Å². The van der Waals surface area contributed by atoms with Gasteiger partial charge >= 0.3 is 6.18 Å². The predicted octanol–water partition coefficient (Wildman–Crippen LogP) is 0.342. The molecule has 80 valence electrons. The molecule has 0 saturated carbocycles. The molecule has 1 rings (SSSR count). The van der Waals surface area contributed by atoms with Gasteiger partial charge in [-0.3, -0.25) is 4.79 Å². The zero-order chi connectivity index (χ0) is 10.9. The fourth-order valence-corrected chi connectivity index (χ4v) is 1.30. The Labute approximate surface area is 78.5 Å². The van der Waals surface area contributed by atoms with Crippen molar-refractivity contribution >= 4 is 11.6 Å². The van der Waals surface area contributed by atoms with Crippen LogP contribution in [0.5, 0.6) is 0 Å². The maximum atomic E-state index is 12.3. The normalized spacial score (nSPS) is 22.9. The van der Waals surface area contributed by atoms with Gasteiger partial charge in [0.1, 0.15) is 0 Å². The van der Waals surface area contributed by atoms with E-state index in [4.69, 9.17) is 5.73 Å². The van der Waals surface area contributed by atoms with Gasteiger partial charge in [0.05, 0.1) is 5.92 Å². The second kappa shape index (κ2) is 3.56. The fraction of sp³-hybridized carbons (Fsp3) is 0.714. The number of nitrogens with zero attached hydrogens (tertiary/aromatic N) is 2. The summed E-state index contributed by atoms with van der Waals surface area (Å²) in [4.78, 5) is 11.2. The van der Waals surface area contributed by atoms with Crippen LogP contribution >= 0.6 is 0 Å². The van der Waals surface area contributed by atoms with Crippen LogP contribution in [0.1, 0.15) is 6.42 Å². The maximum Gasteiger partial charge on any atom is 0.432 e. The van der Waals surface area contributed by atoms with Gasteiger partial charge in [-0.25, -0.2) is 5.01 Å². The zero-order valence-electron chi connectivity index (χ0n) is 7.51. The molecule has 1 heterocycles. The summed E-state index contributed by atoms with van der Waals surface area (Å²) >= 11 is 0. The van der Waals surface area contributed by atoms with Crippen LogP contribution < -0.4 is 5.73 Å².